The fourth-order valence-corrected chi connectivity index (χ4v) is 4.70. The number of hydrogen-bond donors (Lipinski definition) is 0. The largest absolute Gasteiger partial charge is 2.00 e. The van der Waals surface area contributed by atoms with Crippen molar-refractivity contribution in [3.05, 3.63) is 81.9 Å². The van der Waals surface area contributed by atoms with Crippen molar-refractivity contribution in [3.8, 4) is 11.5 Å². The molecule has 3 aromatic carbocycles. The molecule has 0 atom stereocenters. The first-order valence-corrected chi connectivity index (χ1v) is 14.4. The first-order valence-electron chi connectivity index (χ1n) is 14.4. The average Bonchev–Trinajstić information content (AvgIpc) is 2.87. The molecular formula is C35H46N2NiO2. The van der Waals surface area contributed by atoms with Gasteiger partial charge in [0, 0.05) is 6.21 Å². The predicted octanol–water partition coefficient (Wildman–Crippen LogP) is 8.71. The van der Waals surface area contributed by atoms with Gasteiger partial charge in [-0.05, 0) is 112 Å². The van der Waals surface area contributed by atoms with E-state index in [2.05, 4.69) is 82.9 Å². The normalized spacial score (nSPS) is 11.2. The molecule has 0 aromatic heterocycles. The molecule has 0 amide bonds. The Balaban J connectivity index is 0.000000432. The van der Waals surface area contributed by atoms with E-state index in [4.69, 9.17) is 4.99 Å². The standard InChI is InChI=1S/C22H28N2.C13H20O2.Ni/c1-6-7-8-20(24-22-13-18(4)10-19(5)14-22)15-23-21-11-16(2)9-17(3)12-21;1-3-5-6-7-10-8-9-12(14)13(15)11(10)4-2;/h9-15H,6-8H2,1-5H3;8-9,14-15H,3-7H2,1-2H3;/q;;+2/p-2. The molecule has 40 heavy (non-hydrogen) atoms. The molecule has 5 heteroatoms. The number of benzene rings is 3. The topological polar surface area (TPSA) is 70.8 Å². The molecule has 0 fully saturated rings. The van der Waals surface area contributed by atoms with Gasteiger partial charge in [0.1, 0.15) is 0 Å². The second-order valence-electron chi connectivity index (χ2n) is 10.5. The van der Waals surface area contributed by atoms with E-state index in [0.717, 1.165) is 60.3 Å². The number of unbranched alkanes of at least 4 members (excludes halogenated alkanes) is 3. The van der Waals surface area contributed by atoms with Crippen molar-refractivity contribution >= 4 is 23.3 Å². The van der Waals surface area contributed by atoms with E-state index < -0.39 is 0 Å². The van der Waals surface area contributed by atoms with Gasteiger partial charge in [-0.1, -0.05) is 69.9 Å². The summed E-state index contributed by atoms with van der Waals surface area (Å²) in [5.74, 6) is -0.669. The molecule has 0 radical (unpaired) electrons. The number of aliphatic imine (C=N–C) groups is 2. The maximum absolute atomic E-state index is 11.5. The second kappa shape index (κ2) is 18.4. The summed E-state index contributed by atoms with van der Waals surface area (Å²) >= 11 is 0. The van der Waals surface area contributed by atoms with Crippen molar-refractivity contribution in [2.75, 3.05) is 0 Å². The third kappa shape index (κ3) is 12.1. The van der Waals surface area contributed by atoms with Gasteiger partial charge >= 0.3 is 16.5 Å². The molecule has 0 bridgehead atoms. The van der Waals surface area contributed by atoms with E-state index in [9.17, 15) is 10.2 Å². The van der Waals surface area contributed by atoms with Gasteiger partial charge in [0.05, 0.1) is 17.1 Å². The molecule has 0 aliphatic rings. The minimum atomic E-state index is -0.369. The molecule has 0 heterocycles. The molecular weight excluding hydrogens is 539 g/mol. The molecule has 3 rings (SSSR count). The quantitative estimate of drug-likeness (QED) is 0.128. The summed E-state index contributed by atoms with van der Waals surface area (Å²) in [6.45, 7) is 14.7. The molecule has 0 aliphatic carbocycles. The molecule has 218 valence electrons. The first kappa shape index (κ1) is 35.1. The van der Waals surface area contributed by atoms with E-state index in [1.54, 1.807) is 0 Å². The van der Waals surface area contributed by atoms with E-state index >= 15 is 0 Å². The van der Waals surface area contributed by atoms with Gasteiger partial charge in [-0.3, -0.25) is 9.98 Å². The molecule has 0 unspecified atom stereocenters. The zero-order valence-corrected chi connectivity index (χ0v) is 26.4. The Labute approximate surface area is 252 Å². The molecule has 4 nitrogen and oxygen atoms in total. The van der Waals surface area contributed by atoms with Crippen LogP contribution in [0.1, 0.15) is 92.7 Å². The Hall–Kier alpha value is -2.91. The van der Waals surface area contributed by atoms with E-state index in [1.807, 2.05) is 19.2 Å². The van der Waals surface area contributed by atoms with Gasteiger partial charge in [0.2, 0.25) is 0 Å². The van der Waals surface area contributed by atoms with Gasteiger partial charge in [0.15, 0.2) is 0 Å². The van der Waals surface area contributed by atoms with Crippen LogP contribution in [-0.2, 0) is 29.3 Å². The van der Waals surface area contributed by atoms with Crippen molar-refractivity contribution < 1.29 is 26.7 Å². The van der Waals surface area contributed by atoms with Gasteiger partial charge in [0.25, 0.3) is 0 Å². The van der Waals surface area contributed by atoms with Gasteiger partial charge in [-0.25, -0.2) is 0 Å². The average molecular weight is 585 g/mol. The Morgan fingerprint density at radius 2 is 1.27 bits per heavy atom. The summed E-state index contributed by atoms with van der Waals surface area (Å²) in [6, 6.07) is 16.0. The Morgan fingerprint density at radius 1 is 0.725 bits per heavy atom. The van der Waals surface area contributed by atoms with E-state index in [-0.39, 0.29) is 28.0 Å². The van der Waals surface area contributed by atoms with Crippen LogP contribution >= 0.6 is 0 Å². The maximum Gasteiger partial charge on any atom is 2.00 e. The number of rotatable bonds is 11. The summed E-state index contributed by atoms with van der Waals surface area (Å²) in [5.41, 5.74) is 9.81. The Morgan fingerprint density at radius 3 is 1.80 bits per heavy atom. The zero-order chi connectivity index (χ0) is 28.8. The summed E-state index contributed by atoms with van der Waals surface area (Å²) in [4.78, 5) is 9.51. The molecule has 0 saturated carbocycles. The zero-order valence-electron chi connectivity index (χ0n) is 25.4. The van der Waals surface area contributed by atoms with Gasteiger partial charge < -0.3 is 10.2 Å². The minimum absolute atomic E-state index is 0. The maximum atomic E-state index is 11.5. The van der Waals surface area contributed by atoms with Crippen LogP contribution in [0.15, 0.2) is 58.5 Å². The smallest absolute Gasteiger partial charge is 0.873 e. The van der Waals surface area contributed by atoms with E-state index in [0.29, 0.717) is 6.42 Å². The van der Waals surface area contributed by atoms with Crippen molar-refractivity contribution in [2.24, 2.45) is 9.98 Å². The molecule has 0 N–H and O–H groups in total. The van der Waals surface area contributed by atoms with Crippen molar-refractivity contribution in [2.45, 2.75) is 99.8 Å². The Kier molecular flexibility index (Phi) is 16.2. The van der Waals surface area contributed by atoms with Crippen LogP contribution < -0.4 is 10.2 Å². The van der Waals surface area contributed by atoms with Crippen LogP contribution in [0.2, 0.25) is 0 Å². The van der Waals surface area contributed by atoms with Crippen molar-refractivity contribution in [1.82, 2.24) is 0 Å². The number of aryl methyl sites for hydroxylation is 5. The van der Waals surface area contributed by atoms with Crippen LogP contribution in [0.3, 0.4) is 0 Å². The number of hydrogen-bond acceptors (Lipinski definition) is 4. The first-order chi connectivity index (χ1) is 18.7. The predicted molar refractivity (Wildman–Crippen MR) is 165 cm³/mol. The molecule has 0 spiro atoms. The van der Waals surface area contributed by atoms with E-state index in [1.165, 1.54) is 41.2 Å². The van der Waals surface area contributed by atoms with Crippen LogP contribution in [0.25, 0.3) is 0 Å². The molecule has 3 aromatic rings. The van der Waals surface area contributed by atoms with Crippen molar-refractivity contribution in [3.63, 3.8) is 0 Å². The monoisotopic (exact) mass is 584 g/mol. The molecule has 0 aliphatic heterocycles. The number of nitrogens with zero attached hydrogens (tertiary/aromatic N) is 2. The Bertz CT molecular complexity index is 1220. The van der Waals surface area contributed by atoms with Gasteiger partial charge in [-0.2, -0.15) is 0 Å². The van der Waals surface area contributed by atoms with Crippen LogP contribution in [0, 0.1) is 27.7 Å². The summed E-state index contributed by atoms with van der Waals surface area (Å²) < 4.78 is 0. The summed E-state index contributed by atoms with van der Waals surface area (Å²) in [5, 5.41) is 22.7. The third-order valence-corrected chi connectivity index (χ3v) is 6.56. The van der Waals surface area contributed by atoms with Crippen LogP contribution in [0.4, 0.5) is 11.4 Å². The molecule has 0 saturated heterocycles. The van der Waals surface area contributed by atoms with Crippen LogP contribution in [0.5, 0.6) is 11.5 Å². The second-order valence-corrected chi connectivity index (χ2v) is 10.5. The SMILES string of the molecule is CCCCC(C=Nc1cc(C)cc(C)c1)=Nc1cc(C)cc(C)c1.CCCCCc1ccc([O-])c([O-])c1CC.[Ni+2]. The van der Waals surface area contributed by atoms with Crippen molar-refractivity contribution in [1.29, 1.82) is 0 Å². The van der Waals surface area contributed by atoms with Crippen LogP contribution in [-0.4, -0.2) is 11.9 Å². The third-order valence-electron chi connectivity index (χ3n) is 6.56. The summed E-state index contributed by atoms with van der Waals surface area (Å²) in [6.07, 6.45) is 10.2. The fraction of sp³-hybridized carbons (Fsp3) is 0.429. The van der Waals surface area contributed by atoms with Gasteiger partial charge in [-0.15, -0.1) is 11.5 Å². The minimum Gasteiger partial charge on any atom is -0.873 e. The summed E-state index contributed by atoms with van der Waals surface area (Å²) in [7, 11) is 0. The fourth-order valence-electron chi connectivity index (χ4n) is 4.70.